The lowest BCUT2D eigenvalue weighted by Gasteiger charge is -2.37. The van der Waals surface area contributed by atoms with Gasteiger partial charge in [0, 0.05) is 17.8 Å². The highest BCUT2D eigenvalue weighted by atomic mass is 19.1. The molecule has 0 aliphatic heterocycles. The maximum atomic E-state index is 14.5. The highest BCUT2D eigenvalue weighted by molar-refractivity contribution is 5.87. The van der Waals surface area contributed by atoms with Crippen molar-refractivity contribution in [2.75, 3.05) is 0 Å². The van der Waals surface area contributed by atoms with Gasteiger partial charge >= 0.3 is 6.09 Å². The number of amides is 1. The van der Waals surface area contributed by atoms with Crippen LogP contribution in [0, 0.1) is 5.82 Å². The zero-order chi connectivity index (χ0) is 26.7. The van der Waals surface area contributed by atoms with Gasteiger partial charge in [-0.15, -0.1) is 0 Å². The molecule has 0 spiro atoms. The van der Waals surface area contributed by atoms with E-state index in [1.54, 1.807) is 19.1 Å². The van der Waals surface area contributed by atoms with Crippen LogP contribution in [0.3, 0.4) is 0 Å². The average molecular weight is 504 g/mol. The number of halogens is 1. The number of hydrogen-bond donors (Lipinski definition) is 0. The van der Waals surface area contributed by atoms with Crippen LogP contribution in [0.4, 0.5) is 9.18 Å². The predicted octanol–water partition coefficient (Wildman–Crippen LogP) is 8.13. The van der Waals surface area contributed by atoms with Crippen molar-refractivity contribution in [3.63, 3.8) is 0 Å². The highest BCUT2D eigenvalue weighted by Gasteiger charge is 2.38. The summed E-state index contributed by atoms with van der Waals surface area (Å²) in [6, 6.07) is 19.0. The number of fused-ring (bicyclic) bond motifs is 1. The Hall–Kier alpha value is -3.21. The first-order valence-corrected chi connectivity index (χ1v) is 13.3. The molecular weight excluding hydrogens is 465 g/mol. The average Bonchev–Trinajstić information content (AvgIpc) is 3.32. The Morgan fingerprint density at radius 1 is 1.00 bits per heavy atom. The molecule has 0 heterocycles. The number of rotatable bonds is 7. The Morgan fingerprint density at radius 3 is 2.32 bits per heavy atom. The topological polar surface area (TPSA) is 46.6 Å². The SMILES string of the molecule is CC(=O)CCc1ccc([C@@H]2CC[C@H](N(C(=O)OC(C)(C)C)[C@H](C)c3ccc(F)c4ccccc34)C2)cc1. The molecule has 1 saturated carbocycles. The van der Waals surface area contributed by atoms with Crippen molar-refractivity contribution in [1.82, 2.24) is 4.90 Å². The molecule has 1 aliphatic carbocycles. The fourth-order valence-electron chi connectivity index (χ4n) is 5.53. The number of nitrogens with zero attached hydrogens (tertiary/aromatic N) is 1. The second-order valence-corrected chi connectivity index (χ2v) is 11.4. The molecule has 0 radical (unpaired) electrons. The second-order valence-electron chi connectivity index (χ2n) is 11.4. The molecule has 4 rings (SSSR count). The van der Waals surface area contributed by atoms with Crippen LogP contribution < -0.4 is 0 Å². The largest absolute Gasteiger partial charge is 0.444 e. The summed E-state index contributed by atoms with van der Waals surface area (Å²) in [6.45, 7) is 9.28. The van der Waals surface area contributed by atoms with E-state index < -0.39 is 5.60 Å². The molecule has 0 aromatic heterocycles. The lowest BCUT2D eigenvalue weighted by Crippen LogP contribution is -2.44. The van der Waals surface area contributed by atoms with E-state index in [0.29, 0.717) is 17.7 Å². The number of benzene rings is 3. The molecule has 3 aromatic carbocycles. The number of hydrogen-bond acceptors (Lipinski definition) is 3. The van der Waals surface area contributed by atoms with Gasteiger partial charge in [-0.05, 0) is 94.4 Å². The molecule has 196 valence electrons. The molecule has 1 aliphatic rings. The van der Waals surface area contributed by atoms with Crippen molar-refractivity contribution in [2.45, 2.75) is 90.3 Å². The second kappa shape index (κ2) is 11.0. The van der Waals surface area contributed by atoms with Crippen LogP contribution in [0.25, 0.3) is 10.8 Å². The first kappa shape index (κ1) is 26.8. The Morgan fingerprint density at radius 2 is 1.68 bits per heavy atom. The summed E-state index contributed by atoms with van der Waals surface area (Å²) in [5.74, 6) is 0.282. The van der Waals surface area contributed by atoms with Gasteiger partial charge < -0.3 is 9.53 Å². The minimum atomic E-state index is -0.617. The lowest BCUT2D eigenvalue weighted by atomic mass is 9.94. The fourth-order valence-corrected chi connectivity index (χ4v) is 5.53. The Balaban J connectivity index is 1.60. The zero-order valence-corrected chi connectivity index (χ0v) is 22.6. The van der Waals surface area contributed by atoms with Crippen LogP contribution in [0.5, 0.6) is 0 Å². The number of aryl methyl sites for hydroxylation is 1. The summed E-state index contributed by atoms with van der Waals surface area (Å²) >= 11 is 0. The van der Waals surface area contributed by atoms with Crippen LogP contribution in [-0.2, 0) is 16.0 Å². The van der Waals surface area contributed by atoms with Crippen LogP contribution in [0.2, 0.25) is 0 Å². The predicted molar refractivity (Wildman–Crippen MR) is 146 cm³/mol. The Bertz CT molecular complexity index is 1260. The maximum absolute atomic E-state index is 14.5. The molecule has 1 amide bonds. The van der Waals surface area contributed by atoms with E-state index in [4.69, 9.17) is 4.74 Å². The molecule has 0 bridgehead atoms. The standard InChI is InChI=1S/C32H38FNO3/c1-21(35)10-11-23-12-14-24(15-13-23)25-16-17-26(20-25)34(31(36)37-32(3,4)5)22(2)27-18-19-30(33)29-9-7-6-8-28(27)29/h6-9,12-15,18-19,22,25-26H,10-11,16-17,20H2,1-5H3/t22-,25-,26+/m1/s1. The lowest BCUT2D eigenvalue weighted by molar-refractivity contribution is -0.116. The van der Waals surface area contributed by atoms with Gasteiger partial charge in [-0.25, -0.2) is 9.18 Å². The monoisotopic (exact) mass is 503 g/mol. The summed E-state index contributed by atoms with van der Waals surface area (Å²) < 4.78 is 20.4. The van der Waals surface area contributed by atoms with Crippen molar-refractivity contribution in [3.8, 4) is 0 Å². The number of ketones is 1. The van der Waals surface area contributed by atoms with Gasteiger partial charge in [0.25, 0.3) is 0 Å². The number of carbonyl (C=O) groups is 2. The number of Topliss-reactive ketones (excluding diaryl/α,β-unsaturated/α-hetero) is 1. The minimum absolute atomic E-state index is 0.0102. The van der Waals surface area contributed by atoms with E-state index in [2.05, 4.69) is 24.3 Å². The summed E-state index contributed by atoms with van der Waals surface area (Å²) in [4.78, 5) is 26.8. The molecule has 3 aromatic rings. The van der Waals surface area contributed by atoms with Crippen molar-refractivity contribution in [1.29, 1.82) is 0 Å². The van der Waals surface area contributed by atoms with Crippen molar-refractivity contribution in [3.05, 3.63) is 83.2 Å². The van der Waals surface area contributed by atoms with Crippen molar-refractivity contribution in [2.24, 2.45) is 0 Å². The van der Waals surface area contributed by atoms with Crippen LogP contribution in [0.1, 0.15) is 89.0 Å². The normalized spacial score (nSPS) is 18.5. The van der Waals surface area contributed by atoms with Gasteiger partial charge in [0.05, 0.1) is 6.04 Å². The van der Waals surface area contributed by atoms with Crippen molar-refractivity contribution < 1.29 is 18.7 Å². The van der Waals surface area contributed by atoms with E-state index in [-0.39, 0.29) is 29.8 Å². The van der Waals surface area contributed by atoms with Gasteiger partial charge in [-0.2, -0.15) is 0 Å². The summed E-state index contributed by atoms with van der Waals surface area (Å²) in [5, 5.41) is 1.38. The third-order valence-electron chi connectivity index (χ3n) is 7.39. The van der Waals surface area contributed by atoms with Gasteiger partial charge in [-0.3, -0.25) is 4.90 Å². The Kier molecular flexibility index (Phi) is 8.01. The van der Waals surface area contributed by atoms with Gasteiger partial charge in [0.1, 0.15) is 17.2 Å². The molecular formula is C32H38FNO3. The molecule has 0 unspecified atom stereocenters. The smallest absolute Gasteiger partial charge is 0.411 e. The van der Waals surface area contributed by atoms with E-state index in [1.807, 2.05) is 50.8 Å². The van der Waals surface area contributed by atoms with E-state index in [9.17, 15) is 14.0 Å². The van der Waals surface area contributed by atoms with Crippen LogP contribution in [-0.4, -0.2) is 28.4 Å². The molecule has 5 heteroatoms. The van der Waals surface area contributed by atoms with E-state index in [0.717, 1.165) is 36.6 Å². The fraction of sp³-hybridized carbons (Fsp3) is 0.438. The highest BCUT2D eigenvalue weighted by Crippen LogP contribution is 2.41. The maximum Gasteiger partial charge on any atom is 0.411 e. The molecule has 0 N–H and O–H groups in total. The molecule has 3 atom stereocenters. The summed E-state index contributed by atoms with van der Waals surface area (Å²) in [6.07, 6.45) is 3.69. The molecule has 0 saturated heterocycles. The number of ether oxygens (including phenoxy) is 1. The zero-order valence-electron chi connectivity index (χ0n) is 22.6. The van der Waals surface area contributed by atoms with Gasteiger partial charge in [0.2, 0.25) is 0 Å². The third kappa shape index (κ3) is 6.38. The summed E-state index contributed by atoms with van der Waals surface area (Å²) in [5.41, 5.74) is 2.73. The third-order valence-corrected chi connectivity index (χ3v) is 7.39. The van der Waals surface area contributed by atoms with E-state index >= 15 is 0 Å². The molecule has 4 nitrogen and oxygen atoms in total. The van der Waals surface area contributed by atoms with Crippen molar-refractivity contribution >= 4 is 22.6 Å². The Labute approximate surface area is 219 Å². The number of carbonyl (C=O) groups excluding carboxylic acids is 2. The first-order chi connectivity index (χ1) is 17.5. The molecule has 37 heavy (non-hydrogen) atoms. The van der Waals surface area contributed by atoms with Gasteiger partial charge in [0.15, 0.2) is 0 Å². The van der Waals surface area contributed by atoms with Crippen LogP contribution in [0.15, 0.2) is 60.7 Å². The molecule has 1 fully saturated rings. The summed E-state index contributed by atoms with van der Waals surface area (Å²) in [7, 11) is 0. The quantitative estimate of drug-likeness (QED) is 0.327. The van der Waals surface area contributed by atoms with Gasteiger partial charge in [-0.1, -0.05) is 54.6 Å². The van der Waals surface area contributed by atoms with E-state index in [1.165, 1.54) is 17.2 Å². The van der Waals surface area contributed by atoms with Crippen LogP contribution >= 0.6 is 0 Å². The minimum Gasteiger partial charge on any atom is -0.444 e. The first-order valence-electron chi connectivity index (χ1n) is 13.3.